The van der Waals surface area contributed by atoms with Crippen LogP contribution < -0.4 is 16.0 Å². The summed E-state index contributed by atoms with van der Waals surface area (Å²) in [6.45, 7) is 5.43. The number of hydrogen-bond donors (Lipinski definition) is 3. The molecule has 3 amide bonds. The third-order valence-corrected chi connectivity index (χ3v) is 9.76. The molecule has 3 saturated carbocycles. The van der Waals surface area contributed by atoms with Gasteiger partial charge in [0.2, 0.25) is 11.8 Å². The van der Waals surface area contributed by atoms with Gasteiger partial charge < -0.3 is 25.4 Å². The summed E-state index contributed by atoms with van der Waals surface area (Å²) in [6.07, 6.45) is 14.4. The molecule has 39 heavy (non-hydrogen) atoms. The predicted molar refractivity (Wildman–Crippen MR) is 142 cm³/mol. The van der Waals surface area contributed by atoms with Gasteiger partial charge in [-0.3, -0.25) is 14.4 Å². The van der Waals surface area contributed by atoms with Crippen molar-refractivity contribution in [1.29, 1.82) is 0 Å². The lowest BCUT2D eigenvalue weighted by atomic mass is 9.84. The summed E-state index contributed by atoms with van der Waals surface area (Å²) in [4.78, 5) is 52.6. The number of fused-ring (bicyclic) bond motifs is 6. The summed E-state index contributed by atoms with van der Waals surface area (Å²) in [5.41, 5.74) is -0.632. The van der Waals surface area contributed by atoms with Gasteiger partial charge in [0.05, 0.1) is 30.9 Å². The first-order valence-electron chi connectivity index (χ1n) is 14.3. The zero-order valence-corrected chi connectivity index (χ0v) is 23.0. The van der Waals surface area contributed by atoms with Gasteiger partial charge in [0.25, 0.3) is 0 Å². The monoisotopic (exact) mass is 537 g/mol. The van der Waals surface area contributed by atoms with Crippen LogP contribution in [-0.2, 0) is 23.9 Å². The minimum Gasteiger partial charge on any atom is -0.469 e. The average Bonchev–Trinajstić information content (AvgIpc) is 3.70. The Labute approximate surface area is 229 Å². The number of allylic oxidation sites excluding steroid dienone is 3. The van der Waals surface area contributed by atoms with Gasteiger partial charge >= 0.3 is 12.1 Å². The fourth-order valence-electron chi connectivity index (χ4n) is 8.19. The second kappa shape index (κ2) is 9.52. The molecule has 0 saturated heterocycles. The summed E-state index contributed by atoms with van der Waals surface area (Å²) < 4.78 is 10.5. The Balaban J connectivity index is 1.16. The number of esters is 1. The van der Waals surface area contributed by atoms with Crippen LogP contribution in [0, 0.1) is 53.3 Å². The van der Waals surface area contributed by atoms with Crippen molar-refractivity contribution in [2.24, 2.45) is 53.3 Å². The number of alkyl carbamates (subject to hydrolysis) is 1. The summed E-state index contributed by atoms with van der Waals surface area (Å²) in [5.74, 6) is -1.29. The van der Waals surface area contributed by atoms with E-state index >= 15 is 0 Å². The highest BCUT2D eigenvalue weighted by Gasteiger charge is 2.55. The number of carbonyl (C=O) groups is 4. The second-order valence-electron chi connectivity index (χ2n) is 13.2. The van der Waals surface area contributed by atoms with Crippen molar-refractivity contribution in [2.45, 2.75) is 63.8 Å². The van der Waals surface area contributed by atoms with Gasteiger partial charge in [0.1, 0.15) is 5.60 Å². The molecule has 0 heterocycles. The van der Waals surface area contributed by atoms with Crippen LogP contribution in [-0.4, -0.2) is 54.7 Å². The molecule has 210 valence electrons. The van der Waals surface area contributed by atoms with Gasteiger partial charge in [-0.1, -0.05) is 36.5 Å². The van der Waals surface area contributed by atoms with E-state index in [1.165, 1.54) is 7.11 Å². The molecular formula is C30H39N3O6. The molecular weight excluding hydrogens is 498 g/mol. The third kappa shape index (κ3) is 4.57. The SMILES string of the molecule is COC(=O)[C@@H]1[C@H](NC(=O)[C@H]2[C@@H](NC(=O)[C@@H]3[C@H](NC(=O)OC(C)(C)C)[C@H]4C=C[C@@H]3C4)[C@@H]3C=C[C@H]2C3)[C@H]2C=C[C@@H]1C2. The summed E-state index contributed by atoms with van der Waals surface area (Å²) >= 11 is 0. The highest BCUT2D eigenvalue weighted by molar-refractivity contribution is 5.86. The Bertz CT molecular complexity index is 1150. The molecule has 0 aromatic rings. The van der Waals surface area contributed by atoms with Crippen LogP contribution in [0.2, 0.25) is 0 Å². The Morgan fingerprint density at radius 2 is 1.00 bits per heavy atom. The molecule has 6 aliphatic carbocycles. The van der Waals surface area contributed by atoms with Crippen LogP contribution in [0.15, 0.2) is 36.5 Å². The Morgan fingerprint density at radius 3 is 1.44 bits per heavy atom. The molecule has 0 aromatic carbocycles. The summed E-state index contributed by atoms with van der Waals surface area (Å²) in [5, 5.41) is 9.40. The van der Waals surface area contributed by atoms with Crippen molar-refractivity contribution in [3.05, 3.63) is 36.5 Å². The molecule has 9 heteroatoms. The van der Waals surface area contributed by atoms with E-state index in [4.69, 9.17) is 9.47 Å². The fraction of sp³-hybridized carbons (Fsp3) is 0.667. The van der Waals surface area contributed by atoms with Crippen LogP contribution in [0.25, 0.3) is 0 Å². The first-order chi connectivity index (χ1) is 18.5. The van der Waals surface area contributed by atoms with E-state index in [0.29, 0.717) is 0 Å². The van der Waals surface area contributed by atoms with E-state index in [2.05, 4.69) is 52.4 Å². The zero-order valence-electron chi connectivity index (χ0n) is 23.0. The summed E-state index contributed by atoms with van der Waals surface area (Å²) in [7, 11) is 1.39. The number of methoxy groups -OCH3 is 1. The Hall–Kier alpha value is -3.10. The molecule has 0 unspecified atom stereocenters. The number of rotatable bonds is 6. The van der Waals surface area contributed by atoms with Gasteiger partial charge in [0.15, 0.2) is 0 Å². The molecule has 0 radical (unpaired) electrons. The maximum absolute atomic E-state index is 13.8. The minimum absolute atomic E-state index is 0.0398. The maximum atomic E-state index is 13.8. The van der Waals surface area contributed by atoms with Crippen LogP contribution in [0.1, 0.15) is 40.0 Å². The topological polar surface area (TPSA) is 123 Å². The average molecular weight is 538 g/mol. The largest absolute Gasteiger partial charge is 0.469 e. The molecule has 0 spiro atoms. The smallest absolute Gasteiger partial charge is 0.407 e. The number of hydrogen-bond acceptors (Lipinski definition) is 6. The molecule has 12 atom stereocenters. The number of ether oxygens (including phenoxy) is 2. The van der Waals surface area contributed by atoms with Crippen LogP contribution in [0.3, 0.4) is 0 Å². The summed E-state index contributed by atoms with van der Waals surface area (Å²) in [6, 6.07) is -0.973. The van der Waals surface area contributed by atoms with Crippen LogP contribution in [0.5, 0.6) is 0 Å². The van der Waals surface area contributed by atoms with Crippen LogP contribution in [0.4, 0.5) is 4.79 Å². The van der Waals surface area contributed by atoms with Crippen molar-refractivity contribution in [1.82, 2.24) is 16.0 Å². The first-order valence-corrected chi connectivity index (χ1v) is 14.3. The van der Waals surface area contributed by atoms with Crippen molar-refractivity contribution in [3.63, 3.8) is 0 Å². The highest BCUT2D eigenvalue weighted by Crippen LogP contribution is 2.48. The molecule has 6 aliphatic rings. The van der Waals surface area contributed by atoms with Crippen molar-refractivity contribution >= 4 is 23.9 Å². The quantitative estimate of drug-likeness (QED) is 0.354. The lowest BCUT2D eigenvalue weighted by molar-refractivity contribution is -0.147. The van der Waals surface area contributed by atoms with Gasteiger partial charge in [-0.15, -0.1) is 0 Å². The lowest BCUT2D eigenvalue weighted by Gasteiger charge is -2.34. The van der Waals surface area contributed by atoms with E-state index in [0.717, 1.165) is 19.3 Å². The maximum Gasteiger partial charge on any atom is 0.407 e. The number of nitrogens with one attached hydrogen (secondary N) is 3. The molecule has 0 aromatic heterocycles. The van der Waals surface area contributed by atoms with E-state index in [9.17, 15) is 19.2 Å². The van der Waals surface area contributed by atoms with Crippen molar-refractivity contribution < 1.29 is 28.7 Å². The van der Waals surface area contributed by atoms with Crippen LogP contribution >= 0.6 is 0 Å². The lowest BCUT2D eigenvalue weighted by Crippen LogP contribution is -2.56. The Kier molecular flexibility index (Phi) is 6.38. The van der Waals surface area contributed by atoms with E-state index < -0.39 is 23.5 Å². The molecule has 6 rings (SSSR count). The van der Waals surface area contributed by atoms with Crippen molar-refractivity contribution in [2.75, 3.05) is 7.11 Å². The molecule has 9 nitrogen and oxygen atoms in total. The molecule has 0 aliphatic heterocycles. The van der Waals surface area contributed by atoms with Gasteiger partial charge in [-0.05, 0) is 75.5 Å². The van der Waals surface area contributed by atoms with E-state index in [-0.39, 0.29) is 77.3 Å². The third-order valence-electron chi connectivity index (χ3n) is 9.76. The van der Waals surface area contributed by atoms with E-state index in [1.807, 2.05) is 20.8 Å². The van der Waals surface area contributed by atoms with E-state index in [1.54, 1.807) is 0 Å². The molecule has 6 bridgehead atoms. The van der Waals surface area contributed by atoms with Gasteiger partial charge in [0, 0.05) is 12.1 Å². The highest BCUT2D eigenvalue weighted by atomic mass is 16.6. The minimum atomic E-state index is -0.632. The number of amides is 3. The van der Waals surface area contributed by atoms with Gasteiger partial charge in [-0.2, -0.15) is 0 Å². The Morgan fingerprint density at radius 1 is 0.615 bits per heavy atom. The molecule has 3 N–H and O–H groups in total. The normalized spacial score (nSPS) is 42.2. The zero-order chi connectivity index (χ0) is 27.6. The van der Waals surface area contributed by atoms with Crippen molar-refractivity contribution in [3.8, 4) is 0 Å². The van der Waals surface area contributed by atoms with Gasteiger partial charge in [-0.25, -0.2) is 4.79 Å². The first kappa shape index (κ1) is 26.1. The molecule has 3 fully saturated rings. The predicted octanol–water partition coefficient (Wildman–Crippen LogP) is 2.49. The number of carbonyl (C=O) groups excluding carboxylic acids is 4. The standard InChI is InChI=1S/C30H39N3O6/c1-30(2,3)39-29(37)33-24-18-9-6-15(12-18)21(24)27(35)31-23-17-8-5-14(11-17)20(23)26(34)32-25-19-10-7-16(13-19)22(25)28(36)38-4/h5-10,14-25H,11-13H2,1-4H3,(H,31,35)(H,32,34)(H,33,37)/t14-,15+,16+,17+,18-,19-,20+,21-,22-,23-,24+,25+/m0/s1. The second-order valence-corrected chi connectivity index (χ2v) is 13.2. The fourth-order valence-corrected chi connectivity index (χ4v) is 8.19.